The number of ether oxygens (including phenoxy) is 1. The molecule has 3 heteroatoms. The van der Waals surface area contributed by atoms with Gasteiger partial charge in [-0.2, -0.15) is 0 Å². The van der Waals surface area contributed by atoms with Gasteiger partial charge in [0.2, 0.25) is 0 Å². The van der Waals surface area contributed by atoms with Crippen molar-refractivity contribution in [3.63, 3.8) is 0 Å². The Morgan fingerprint density at radius 1 is 1.38 bits per heavy atom. The third-order valence-corrected chi connectivity index (χ3v) is 3.34. The van der Waals surface area contributed by atoms with Crippen LogP contribution >= 0.6 is 0 Å². The second kappa shape index (κ2) is 4.85. The van der Waals surface area contributed by atoms with Gasteiger partial charge in [-0.15, -0.1) is 0 Å². The number of nitrogens with zero attached hydrogens (tertiary/aromatic N) is 1. The number of anilines is 1. The highest BCUT2D eigenvalue weighted by molar-refractivity contribution is 5.46. The Balaban J connectivity index is 1.99. The van der Waals surface area contributed by atoms with Gasteiger partial charge in [0.15, 0.2) is 0 Å². The van der Waals surface area contributed by atoms with Crippen molar-refractivity contribution < 1.29 is 4.74 Å². The summed E-state index contributed by atoms with van der Waals surface area (Å²) in [5.74, 6) is 0. The zero-order chi connectivity index (χ0) is 11.5. The molecule has 1 heterocycles. The molecule has 0 amide bonds. The highest BCUT2D eigenvalue weighted by Gasteiger charge is 2.22. The molecule has 3 nitrogen and oxygen atoms in total. The van der Waals surface area contributed by atoms with Crippen LogP contribution in [0.3, 0.4) is 0 Å². The Bertz CT molecular complexity index is 365. The molecule has 0 saturated heterocycles. The van der Waals surface area contributed by atoms with Gasteiger partial charge in [-0.3, -0.25) is 4.90 Å². The second-order valence-corrected chi connectivity index (χ2v) is 4.56. The van der Waals surface area contributed by atoms with Crippen LogP contribution < -0.4 is 5.73 Å². The van der Waals surface area contributed by atoms with Gasteiger partial charge in [0, 0.05) is 38.5 Å². The van der Waals surface area contributed by atoms with Crippen molar-refractivity contribution in [2.75, 3.05) is 19.5 Å². The van der Waals surface area contributed by atoms with Crippen LogP contribution in [0.1, 0.15) is 24.5 Å². The summed E-state index contributed by atoms with van der Waals surface area (Å²) < 4.78 is 5.12. The van der Waals surface area contributed by atoms with Crippen molar-refractivity contribution >= 4 is 5.69 Å². The lowest BCUT2D eigenvalue weighted by molar-refractivity contribution is 0.137. The van der Waals surface area contributed by atoms with Crippen molar-refractivity contribution in [1.82, 2.24) is 4.90 Å². The predicted molar refractivity (Wildman–Crippen MR) is 66.1 cm³/mol. The molecule has 1 aromatic carbocycles. The number of nitrogens with two attached hydrogens (primary N) is 1. The molecular formula is C13H20N2O. The second-order valence-electron chi connectivity index (χ2n) is 4.56. The van der Waals surface area contributed by atoms with Crippen LogP contribution in [0.15, 0.2) is 18.2 Å². The average molecular weight is 220 g/mol. The molecule has 0 bridgehead atoms. The van der Waals surface area contributed by atoms with E-state index in [9.17, 15) is 0 Å². The fraction of sp³-hybridized carbons (Fsp3) is 0.538. The van der Waals surface area contributed by atoms with Crippen LogP contribution in [0, 0.1) is 0 Å². The number of nitrogen functional groups attached to an aromatic ring is 1. The Morgan fingerprint density at radius 3 is 2.88 bits per heavy atom. The molecule has 2 rings (SSSR count). The molecule has 1 aromatic rings. The number of hydrogen-bond donors (Lipinski definition) is 1. The summed E-state index contributed by atoms with van der Waals surface area (Å²) in [4.78, 5) is 2.48. The van der Waals surface area contributed by atoms with Crippen molar-refractivity contribution in [3.8, 4) is 0 Å². The Labute approximate surface area is 97.2 Å². The van der Waals surface area contributed by atoms with Crippen LogP contribution in [0.25, 0.3) is 0 Å². The fourth-order valence-corrected chi connectivity index (χ4v) is 2.22. The molecule has 88 valence electrons. The van der Waals surface area contributed by atoms with Crippen molar-refractivity contribution in [1.29, 1.82) is 0 Å². The third-order valence-electron chi connectivity index (χ3n) is 3.34. The van der Waals surface area contributed by atoms with Gasteiger partial charge >= 0.3 is 0 Å². The normalized spacial score (nSPS) is 17.4. The standard InChI is InChI=1S/C13H20N2O/c1-10(5-6-16-2)15-8-11-3-4-13(14)7-12(11)9-15/h3-4,7,10H,5-6,8-9,14H2,1-2H3. The summed E-state index contributed by atoms with van der Waals surface area (Å²) in [6.45, 7) is 5.15. The predicted octanol–water partition coefficient (Wildman–Crippen LogP) is 2.01. The molecule has 0 aliphatic carbocycles. The maximum atomic E-state index is 5.79. The molecular weight excluding hydrogens is 200 g/mol. The molecule has 16 heavy (non-hydrogen) atoms. The summed E-state index contributed by atoms with van der Waals surface area (Å²) in [7, 11) is 1.76. The quantitative estimate of drug-likeness (QED) is 0.789. The average Bonchev–Trinajstić information content (AvgIpc) is 2.68. The van der Waals surface area contributed by atoms with E-state index in [-0.39, 0.29) is 0 Å². The van der Waals surface area contributed by atoms with E-state index in [0.717, 1.165) is 31.8 Å². The summed E-state index contributed by atoms with van der Waals surface area (Å²) in [6.07, 6.45) is 1.08. The Morgan fingerprint density at radius 2 is 2.12 bits per heavy atom. The summed E-state index contributed by atoms with van der Waals surface area (Å²) >= 11 is 0. The number of fused-ring (bicyclic) bond motifs is 1. The van der Waals surface area contributed by atoms with Gasteiger partial charge in [0.1, 0.15) is 0 Å². The minimum Gasteiger partial charge on any atom is -0.399 e. The lowest BCUT2D eigenvalue weighted by Gasteiger charge is -2.23. The molecule has 0 spiro atoms. The van der Waals surface area contributed by atoms with E-state index in [2.05, 4.69) is 24.0 Å². The molecule has 0 fully saturated rings. The molecule has 1 aliphatic rings. The van der Waals surface area contributed by atoms with E-state index >= 15 is 0 Å². The molecule has 1 unspecified atom stereocenters. The SMILES string of the molecule is COCCC(C)N1Cc2ccc(N)cc2C1. The number of benzene rings is 1. The van der Waals surface area contributed by atoms with Crippen LogP contribution in [0.5, 0.6) is 0 Å². The summed E-state index contributed by atoms with van der Waals surface area (Å²) in [5, 5.41) is 0. The topological polar surface area (TPSA) is 38.5 Å². The lowest BCUT2D eigenvalue weighted by Crippen LogP contribution is -2.28. The van der Waals surface area contributed by atoms with Crippen LogP contribution in [-0.2, 0) is 17.8 Å². The monoisotopic (exact) mass is 220 g/mol. The van der Waals surface area contributed by atoms with Gasteiger partial charge in [0.05, 0.1) is 0 Å². The minimum atomic E-state index is 0.563. The molecule has 0 aromatic heterocycles. The van der Waals surface area contributed by atoms with E-state index in [1.165, 1.54) is 11.1 Å². The highest BCUT2D eigenvalue weighted by atomic mass is 16.5. The molecule has 1 aliphatic heterocycles. The van der Waals surface area contributed by atoms with E-state index in [4.69, 9.17) is 10.5 Å². The molecule has 0 saturated carbocycles. The number of hydrogen-bond acceptors (Lipinski definition) is 3. The van der Waals surface area contributed by atoms with Gasteiger partial charge in [0.25, 0.3) is 0 Å². The van der Waals surface area contributed by atoms with Crippen LogP contribution in [0.2, 0.25) is 0 Å². The summed E-state index contributed by atoms with van der Waals surface area (Å²) in [6, 6.07) is 6.79. The van der Waals surface area contributed by atoms with E-state index < -0.39 is 0 Å². The number of methoxy groups -OCH3 is 1. The Kier molecular flexibility index (Phi) is 3.46. The number of rotatable bonds is 4. The first-order valence-electron chi connectivity index (χ1n) is 5.81. The van der Waals surface area contributed by atoms with Crippen molar-refractivity contribution in [2.24, 2.45) is 0 Å². The van der Waals surface area contributed by atoms with E-state index in [1.807, 2.05) is 6.07 Å². The highest BCUT2D eigenvalue weighted by Crippen LogP contribution is 2.26. The van der Waals surface area contributed by atoms with E-state index in [1.54, 1.807) is 7.11 Å². The zero-order valence-electron chi connectivity index (χ0n) is 10.1. The Hall–Kier alpha value is -1.06. The first-order valence-corrected chi connectivity index (χ1v) is 5.81. The minimum absolute atomic E-state index is 0.563. The maximum Gasteiger partial charge on any atom is 0.0477 e. The van der Waals surface area contributed by atoms with Gasteiger partial charge in [-0.1, -0.05) is 6.07 Å². The van der Waals surface area contributed by atoms with Gasteiger partial charge < -0.3 is 10.5 Å². The largest absolute Gasteiger partial charge is 0.399 e. The van der Waals surface area contributed by atoms with Crippen LogP contribution in [0.4, 0.5) is 5.69 Å². The smallest absolute Gasteiger partial charge is 0.0477 e. The molecule has 0 radical (unpaired) electrons. The first kappa shape index (κ1) is 11.4. The van der Waals surface area contributed by atoms with E-state index in [0.29, 0.717) is 6.04 Å². The zero-order valence-corrected chi connectivity index (χ0v) is 10.1. The molecule has 1 atom stereocenters. The fourth-order valence-electron chi connectivity index (χ4n) is 2.22. The van der Waals surface area contributed by atoms with Crippen LogP contribution in [-0.4, -0.2) is 24.7 Å². The maximum absolute atomic E-state index is 5.79. The van der Waals surface area contributed by atoms with Gasteiger partial charge in [-0.25, -0.2) is 0 Å². The molecule has 2 N–H and O–H groups in total. The van der Waals surface area contributed by atoms with Crippen molar-refractivity contribution in [3.05, 3.63) is 29.3 Å². The lowest BCUT2D eigenvalue weighted by atomic mass is 10.1. The van der Waals surface area contributed by atoms with Gasteiger partial charge in [-0.05, 0) is 36.6 Å². The third kappa shape index (κ3) is 2.36. The first-order chi connectivity index (χ1) is 7.70. The van der Waals surface area contributed by atoms with Crippen molar-refractivity contribution in [2.45, 2.75) is 32.5 Å². The summed E-state index contributed by atoms with van der Waals surface area (Å²) in [5.41, 5.74) is 9.45.